The maximum absolute atomic E-state index is 6.41. The zero-order chi connectivity index (χ0) is 33.7. The van der Waals surface area contributed by atoms with Gasteiger partial charge in [0.25, 0.3) is 0 Å². The molecule has 4 nitrogen and oxygen atoms in total. The van der Waals surface area contributed by atoms with Gasteiger partial charge in [-0.2, -0.15) is 0 Å². The largest absolute Gasteiger partial charge is 0.436 e. The minimum Gasteiger partial charge on any atom is -0.436 e. The van der Waals surface area contributed by atoms with Crippen molar-refractivity contribution in [1.29, 1.82) is 0 Å². The first-order valence-electron chi connectivity index (χ1n) is 17.5. The molecule has 0 saturated carbocycles. The van der Waals surface area contributed by atoms with Crippen LogP contribution in [0.25, 0.3) is 72.0 Å². The molecule has 51 heavy (non-hydrogen) atoms. The summed E-state index contributed by atoms with van der Waals surface area (Å²) in [5, 5.41) is 4.65. The lowest BCUT2D eigenvalue weighted by Gasteiger charge is -2.28. The third-order valence-corrected chi connectivity index (χ3v) is 10.0. The molecule has 0 atom stereocenters. The van der Waals surface area contributed by atoms with Gasteiger partial charge in [-0.1, -0.05) is 115 Å². The van der Waals surface area contributed by atoms with Crippen LogP contribution in [0, 0.1) is 0 Å². The molecule has 0 saturated heterocycles. The average molecular weight is 656 g/mol. The van der Waals surface area contributed by atoms with Crippen molar-refractivity contribution in [1.82, 2.24) is 9.55 Å². The predicted octanol–water partition coefficient (Wildman–Crippen LogP) is 13.1. The molecule has 0 fully saturated rings. The number of aromatic nitrogens is 2. The van der Waals surface area contributed by atoms with Crippen molar-refractivity contribution in [3.05, 3.63) is 176 Å². The van der Waals surface area contributed by atoms with E-state index in [2.05, 4.69) is 149 Å². The van der Waals surface area contributed by atoms with E-state index in [1.807, 2.05) is 36.4 Å². The number of para-hydroxylation sites is 1. The van der Waals surface area contributed by atoms with Gasteiger partial charge < -0.3 is 13.9 Å². The van der Waals surface area contributed by atoms with Crippen LogP contribution in [0.3, 0.4) is 0 Å². The van der Waals surface area contributed by atoms with Gasteiger partial charge in [-0.25, -0.2) is 4.98 Å². The molecule has 242 valence electrons. The monoisotopic (exact) mass is 655 g/mol. The van der Waals surface area contributed by atoms with Crippen molar-refractivity contribution in [2.75, 3.05) is 4.90 Å². The Hall–Kier alpha value is -6.65. The molecular weight excluding hydrogens is 623 g/mol. The third kappa shape index (κ3) is 4.95. The molecule has 1 aliphatic carbocycles. The molecule has 10 rings (SSSR count). The molecule has 0 amide bonds. The number of benzene rings is 7. The van der Waals surface area contributed by atoms with E-state index in [1.54, 1.807) is 0 Å². The molecular formula is C47H33N3O. The van der Waals surface area contributed by atoms with Crippen molar-refractivity contribution in [3.8, 4) is 22.6 Å². The van der Waals surface area contributed by atoms with Gasteiger partial charge in [-0.3, -0.25) is 0 Å². The van der Waals surface area contributed by atoms with Crippen LogP contribution in [0.5, 0.6) is 0 Å². The van der Waals surface area contributed by atoms with Gasteiger partial charge in [0.05, 0.1) is 16.7 Å². The van der Waals surface area contributed by atoms with Crippen molar-refractivity contribution < 1.29 is 4.42 Å². The second-order valence-corrected chi connectivity index (χ2v) is 13.1. The summed E-state index contributed by atoms with van der Waals surface area (Å²) in [4.78, 5) is 7.54. The molecule has 7 aromatic carbocycles. The molecule has 2 heterocycles. The fraction of sp³-hybridized carbons (Fsp3) is 0.0426. The summed E-state index contributed by atoms with van der Waals surface area (Å²) in [7, 11) is 0. The van der Waals surface area contributed by atoms with Gasteiger partial charge in [0, 0.05) is 38.8 Å². The van der Waals surface area contributed by atoms with Gasteiger partial charge >= 0.3 is 0 Å². The minimum atomic E-state index is 0.617. The summed E-state index contributed by atoms with van der Waals surface area (Å²) in [6.07, 6.45) is 8.73. The lowest BCUT2D eigenvalue weighted by Crippen LogP contribution is -2.11. The highest BCUT2D eigenvalue weighted by atomic mass is 16.3. The Kier molecular flexibility index (Phi) is 6.91. The van der Waals surface area contributed by atoms with Gasteiger partial charge in [0.2, 0.25) is 5.89 Å². The average Bonchev–Trinajstić information content (AvgIpc) is 3.79. The van der Waals surface area contributed by atoms with Crippen molar-refractivity contribution in [2.24, 2.45) is 0 Å². The summed E-state index contributed by atoms with van der Waals surface area (Å²) in [6.45, 7) is 0. The molecule has 0 aliphatic heterocycles. The van der Waals surface area contributed by atoms with E-state index in [1.165, 1.54) is 33.1 Å². The topological polar surface area (TPSA) is 34.2 Å². The smallest absolute Gasteiger partial charge is 0.227 e. The number of rotatable bonds is 6. The summed E-state index contributed by atoms with van der Waals surface area (Å²) < 4.78 is 8.87. The normalized spacial score (nSPS) is 13.0. The standard InChI is InChI=1S/C47H33N3O/c1-4-14-32(15-5-1)35-19-12-22-37(30-35)49(38-27-28-40-39-23-10-11-24-41(39)50(43(40)31-38)36-20-8-3-9-21-36)42-25-13-18-33-26-29-44-46(45(33)42)48-47(51-44)34-16-6-2-7-17-34/h1-8,10-20,22-31H,9,21H2. The number of hydrogen-bond acceptors (Lipinski definition) is 3. The molecule has 4 heteroatoms. The van der Waals surface area contributed by atoms with E-state index in [0.29, 0.717) is 5.89 Å². The molecule has 2 aromatic heterocycles. The molecule has 0 spiro atoms. The van der Waals surface area contributed by atoms with Crippen molar-refractivity contribution in [2.45, 2.75) is 12.8 Å². The number of hydrogen-bond donors (Lipinski definition) is 0. The van der Waals surface area contributed by atoms with Crippen LogP contribution in [-0.2, 0) is 0 Å². The first-order valence-corrected chi connectivity index (χ1v) is 17.5. The van der Waals surface area contributed by atoms with E-state index >= 15 is 0 Å². The van der Waals surface area contributed by atoms with Crippen LogP contribution in [0.2, 0.25) is 0 Å². The summed E-state index contributed by atoms with van der Waals surface area (Å²) in [6, 6.07) is 55.9. The molecule has 9 aromatic rings. The highest BCUT2D eigenvalue weighted by Gasteiger charge is 2.22. The Morgan fingerprint density at radius 3 is 2.18 bits per heavy atom. The van der Waals surface area contributed by atoms with Crippen LogP contribution in [0.15, 0.2) is 180 Å². The lowest BCUT2D eigenvalue weighted by atomic mass is 10.0. The second kappa shape index (κ2) is 12.0. The minimum absolute atomic E-state index is 0.617. The zero-order valence-corrected chi connectivity index (χ0v) is 27.9. The third-order valence-electron chi connectivity index (χ3n) is 10.0. The van der Waals surface area contributed by atoms with Gasteiger partial charge in [0.1, 0.15) is 5.52 Å². The van der Waals surface area contributed by atoms with E-state index in [4.69, 9.17) is 9.40 Å². The van der Waals surface area contributed by atoms with Crippen LogP contribution in [0.4, 0.5) is 17.1 Å². The fourth-order valence-electron chi connectivity index (χ4n) is 7.70. The molecule has 0 bridgehead atoms. The first-order chi connectivity index (χ1) is 25.3. The van der Waals surface area contributed by atoms with Gasteiger partial charge in [-0.05, 0) is 90.0 Å². The Bertz CT molecular complexity index is 2810. The number of anilines is 3. The van der Waals surface area contributed by atoms with E-state index in [9.17, 15) is 0 Å². The van der Waals surface area contributed by atoms with Crippen LogP contribution >= 0.6 is 0 Å². The number of nitrogens with zero attached hydrogens (tertiary/aromatic N) is 3. The number of allylic oxidation sites excluding steroid dienone is 4. The molecule has 1 aliphatic rings. The lowest BCUT2D eigenvalue weighted by molar-refractivity contribution is 0.620. The Morgan fingerprint density at radius 1 is 0.588 bits per heavy atom. The summed E-state index contributed by atoms with van der Waals surface area (Å²) >= 11 is 0. The molecule has 0 unspecified atom stereocenters. The second-order valence-electron chi connectivity index (χ2n) is 13.1. The SMILES string of the molecule is C1=CCCC(n2c3ccccc3c3ccc(N(c4cccc(-c5ccccc5)c4)c4cccc5ccc6oc(-c7ccccc7)nc6c45)cc32)=C1. The number of oxazole rings is 1. The first kappa shape index (κ1) is 29.3. The maximum Gasteiger partial charge on any atom is 0.227 e. The fourth-order valence-corrected chi connectivity index (χ4v) is 7.70. The van der Waals surface area contributed by atoms with E-state index in [0.717, 1.165) is 62.9 Å². The van der Waals surface area contributed by atoms with Crippen molar-refractivity contribution in [3.63, 3.8) is 0 Å². The van der Waals surface area contributed by atoms with E-state index < -0.39 is 0 Å². The summed E-state index contributed by atoms with van der Waals surface area (Å²) in [5.74, 6) is 0.617. The Morgan fingerprint density at radius 2 is 1.33 bits per heavy atom. The maximum atomic E-state index is 6.41. The van der Waals surface area contributed by atoms with E-state index in [-0.39, 0.29) is 0 Å². The van der Waals surface area contributed by atoms with Gasteiger partial charge in [0.15, 0.2) is 5.58 Å². The van der Waals surface area contributed by atoms with Crippen LogP contribution in [0.1, 0.15) is 12.8 Å². The molecule has 0 N–H and O–H groups in total. The Labute approximate surface area is 295 Å². The Balaban J connectivity index is 1.26. The molecule has 0 radical (unpaired) electrons. The summed E-state index contributed by atoms with van der Waals surface area (Å²) in [5.41, 5.74) is 11.8. The highest BCUT2D eigenvalue weighted by Crippen LogP contribution is 2.45. The number of fused-ring (bicyclic) bond motifs is 6. The van der Waals surface area contributed by atoms with Gasteiger partial charge in [-0.15, -0.1) is 0 Å². The zero-order valence-electron chi connectivity index (χ0n) is 27.9. The van der Waals surface area contributed by atoms with Crippen LogP contribution < -0.4 is 4.90 Å². The van der Waals surface area contributed by atoms with Crippen LogP contribution in [-0.4, -0.2) is 9.55 Å². The van der Waals surface area contributed by atoms with Crippen molar-refractivity contribution >= 4 is 66.4 Å². The highest BCUT2D eigenvalue weighted by molar-refractivity contribution is 6.14. The predicted molar refractivity (Wildman–Crippen MR) is 213 cm³/mol. The quantitative estimate of drug-likeness (QED) is 0.179.